The minimum absolute atomic E-state index is 0.173. The molecule has 0 fully saturated rings. The Kier molecular flexibility index (Phi) is 4.43. The number of halogens is 1. The van der Waals surface area contributed by atoms with E-state index in [1.165, 1.54) is 20.1 Å². The SMILES string of the molecule is COC(=O)C=C(C(C)=O)c1ccc(Br)cc1. The minimum atomic E-state index is -0.534. The highest BCUT2D eigenvalue weighted by molar-refractivity contribution is 9.10. The Morgan fingerprint density at radius 1 is 1.25 bits per heavy atom. The second-order valence-electron chi connectivity index (χ2n) is 3.14. The number of Topliss-reactive ketones (excluding diaryl/α,β-unsaturated/α-hetero) is 1. The summed E-state index contributed by atoms with van der Waals surface area (Å²) in [6.07, 6.45) is 1.20. The van der Waals surface area contributed by atoms with Crippen molar-refractivity contribution in [3.05, 3.63) is 40.4 Å². The standard InChI is InChI=1S/C12H11BrO3/c1-8(14)11(7-12(15)16-2)9-3-5-10(13)6-4-9/h3-7H,1-2H3. The molecule has 0 saturated heterocycles. The van der Waals surface area contributed by atoms with Crippen molar-refractivity contribution >= 4 is 33.3 Å². The number of hydrogen-bond donors (Lipinski definition) is 0. The van der Waals surface area contributed by atoms with E-state index in [1.54, 1.807) is 12.1 Å². The van der Waals surface area contributed by atoms with E-state index in [0.717, 1.165) is 4.47 Å². The molecule has 0 aromatic heterocycles. The van der Waals surface area contributed by atoms with Crippen LogP contribution in [0, 0.1) is 0 Å². The van der Waals surface area contributed by atoms with Gasteiger partial charge in [-0.2, -0.15) is 0 Å². The van der Waals surface area contributed by atoms with Crippen LogP contribution in [0.5, 0.6) is 0 Å². The maximum atomic E-state index is 11.4. The second kappa shape index (κ2) is 5.61. The highest BCUT2D eigenvalue weighted by atomic mass is 79.9. The van der Waals surface area contributed by atoms with E-state index in [1.807, 2.05) is 12.1 Å². The van der Waals surface area contributed by atoms with Crippen molar-refractivity contribution in [3.8, 4) is 0 Å². The molecule has 0 aliphatic heterocycles. The number of benzene rings is 1. The van der Waals surface area contributed by atoms with E-state index in [4.69, 9.17) is 0 Å². The average Bonchev–Trinajstić information content (AvgIpc) is 2.26. The number of rotatable bonds is 3. The number of carbonyl (C=O) groups excluding carboxylic acids is 2. The lowest BCUT2D eigenvalue weighted by Gasteiger charge is -2.03. The van der Waals surface area contributed by atoms with Gasteiger partial charge in [0.1, 0.15) is 0 Å². The fraction of sp³-hybridized carbons (Fsp3) is 0.167. The van der Waals surface area contributed by atoms with Crippen molar-refractivity contribution in [1.29, 1.82) is 0 Å². The average molecular weight is 283 g/mol. The Bertz CT molecular complexity index is 432. The van der Waals surface area contributed by atoms with Crippen molar-refractivity contribution in [2.24, 2.45) is 0 Å². The summed E-state index contributed by atoms with van der Waals surface area (Å²) in [5.41, 5.74) is 1.04. The molecular weight excluding hydrogens is 272 g/mol. The maximum Gasteiger partial charge on any atom is 0.331 e. The molecule has 1 aromatic carbocycles. The molecule has 16 heavy (non-hydrogen) atoms. The van der Waals surface area contributed by atoms with Crippen molar-refractivity contribution < 1.29 is 14.3 Å². The topological polar surface area (TPSA) is 43.4 Å². The molecule has 0 radical (unpaired) electrons. The Labute approximate surface area is 102 Å². The number of hydrogen-bond acceptors (Lipinski definition) is 3. The fourth-order valence-corrected chi connectivity index (χ4v) is 1.46. The number of methoxy groups -OCH3 is 1. The molecule has 0 heterocycles. The van der Waals surface area contributed by atoms with Crippen molar-refractivity contribution in [1.82, 2.24) is 0 Å². The molecule has 0 N–H and O–H groups in total. The van der Waals surface area contributed by atoms with E-state index in [-0.39, 0.29) is 5.78 Å². The van der Waals surface area contributed by atoms with E-state index in [2.05, 4.69) is 20.7 Å². The summed E-state index contributed by atoms with van der Waals surface area (Å²) in [6.45, 7) is 1.41. The van der Waals surface area contributed by atoms with Crippen LogP contribution in [0.1, 0.15) is 12.5 Å². The van der Waals surface area contributed by atoms with Gasteiger partial charge in [-0.15, -0.1) is 0 Å². The van der Waals surface area contributed by atoms with Gasteiger partial charge in [0, 0.05) is 16.1 Å². The van der Waals surface area contributed by atoms with Crippen LogP contribution in [0.25, 0.3) is 5.57 Å². The van der Waals surface area contributed by atoms with Gasteiger partial charge in [0.15, 0.2) is 5.78 Å². The van der Waals surface area contributed by atoms with Gasteiger partial charge in [-0.3, -0.25) is 4.79 Å². The number of carbonyl (C=O) groups is 2. The van der Waals surface area contributed by atoms with E-state index in [0.29, 0.717) is 11.1 Å². The van der Waals surface area contributed by atoms with Crippen LogP contribution in [0.15, 0.2) is 34.8 Å². The zero-order chi connectivity index (χ0) is 12.1. The first-order valence-corrected chi connectivity index (χ1v) is 5.40. The van der Waals surface area contributed by atoms with Crippen LogP contribution in [-0.2, 0) is 14.3 Å². The van der Waals surface area contributed by atoms with Crippen LogP contribution < -0.4 is 0 Å². The van der Waals surface area contributed by atoms with Gasteiger partial charge in [0.25, 0.3) is 0 Å². The molecule has 0 saturated carbocycles. The van der Waals surface area contributed by atoms with E-state index >= 15 is 0 Å². The molecule has 0 unspecified atom stereocenters. The largest absolute Gasteiger partial charge is 0.466 e. The quantitative estimate of drug-likeness (QED) is 0.632. The molecule has 4 heteroatoms. The molecular formula is C12H11BrO3. The summed E-state index contributed by atoms with van der Waals surface area (Å²) in [5.74, 6) is -0.708. The molecule has 3 nitrogen and oxygen atoms in total. The van der Waals surface area contributed by atoms with Gasteiger partial charge in [0.2, 0.25) is 0 Å². The fourth-order valence-electron chi connectivity index (χ4n) is 1.19. The normalized spacial score (nSPS) is 11.1. The van der Waals surface area contributed by atoms with Gasteiger partial charge in [-0.1, -0.05) is 28.1 Å². The molecule has 1 aromatic rings. The summed E-state index contributed by atoms with van der Waals surface area (Å²) < 4.78 is 5.41. The summed E-state index contributed by atoms with van der Waals surface area (Å²) in [7, 11) is 1.28. The molecule has 0 atom stereocenters. The zero-order valence-electron chi connectivity index (χ0n) is 8.99. The molecule has 0 bridgehead atoms. The van der Waals surface area contributed by atoms with Gasteiger partial charge in [-0.05, 0) is 24.6 Å². The zero-order valence-corrected chi connectivity index (χ0v) is 10.6. The van der Waals surface area contributed by atoms with Crippen LogP contribution in [0.4, 0.5) is 0 Å². The monoisotopic (exact) mass is 282 g/mol. The lowest BCUT2D eigenvalue weighted by Crippen LogP contribution is -2.02. The second-order valence-corrected chi connectivity index (χ2v) is 4.06. The predicted octanol–water partition coefficient (Wildman–Crippen LogP) is 2.59. The summed E-state index contributed by atoms with van der Waals surface area (Å²) in [5, 5.41) is 0. The summed E-state index contributed by atoms with van der Waals surface area (Å²) in [4.78, 5) is 22.5. The van der Waals surface area contributed by atoms with Crippen LogP contribution >= 0.6 is 15.9 Å². The first-order chi connectivity index (χ1) is 7.54. The van der Waals surface area contributed by atoms with Crippen molar-refractivity contribution in [2.45, 2.75) is 6.92 Å². The molecule has 0 amide bonds. The maximum absolute atomic E-state index is 11.4. The first-order valence-electron chi connectivity index (χ1n) is 4.61. The predicted molar refractivity (Wildman–Crippen MR) is 64.8 cm³/mol. The smallest absolute Gasteiger partial charge is 0.331 e. The lowest BCUT2D eigenvalue weighted by atomic mass is 10.0. The Morgan fingerprint density at radius 2 is 1.81 bits per heavy atom. The van der Waals surface area contributed by atoms with Crippen LogP contribution in [0.2, 0.25) is 0 Å². The van der Waals surface area contributed by atoms with Gasteiger partial charge in [0.05, 0.1) is 7.11 Å². The van der Waals surface area contributed by atoms with Gasteiger partial charge in [-0.25, -0.2) is 4.79 Å². The van der Waals surface area contributed by atoms with Crippen molar-refractivity contribution in [2.75, 3.05) is 7.11 Å². The molecule has 0 aliphatic rings. The number of ketones is 1. The number of ether oxygens (including phenoxy) is 1. The highest BCUT2D eigenvalue weighted by Crippen LogP contribution is 2.18. The first kappa shape index (κ1) is 12.6. The Hall–Kier alpha value is -1.42. The molecule has 0 spiro atoms. The minimum Gasteiger partial charge on any atom is -0.466 e. The van der Waals surface area contributed by atoms with E-state index < -0.39 is 5.97 Å². The van der Waals surface area contributed by atoms with Crippen LogP contribution in [0.3, 0.4) is 0 Å². The van der Waals surface area contributed by atoms with Gasteiger partial charge >= 0.3 is 5.97 Å². The lowest BCUT2D eigenvalue weighted by molar-refractivity contribution is -0.135. The highest BCUT2D eigenvalue weighted by Gasteiger charge is 2.09. The van der Waals surface area contributed by atoms with Crippen molar-refractivity contribution in [3.63, 3.8) is 0 Å². The third-order valence-electron chi connectivity index (χ3n) is 2.00. The van der Waals surface area contributed by atoms with E-state index in [9.17, 15) is 9.59 Å². The number of allylic oxidation sites excluding steroid dienone is 1. The summed E-state index contributed by atoms with van der Waals surface area (Å²) in [6, 6.07) is 7.15. The molecule has 1 rings (SSSR count). The third kappa shape index (κ3) is 3.31. The molecule has 84 valence electrons. The molecule has 0 aliphatic carbocycles. The van der Waals surface area contributed by atoms with Crippen LogP contribution in [-0.4, -0.2) is 18.9 Å². The number of esters is 1. The Balaban J connectivity index is 3.13. The third-order valence-corrected chi connectivity index (χ3v) is 2.53. The van der Waals surface area contributed by atoms with Gasteiger partial charge < -0.3 is 4.74 Å². The summed E-state index contributed by atoms with van der Waals surface area (Å²) >= 11 is 3.30. The Morgan fingerprint density at radius 3 is 2.25 bits per heavy atom.